The standard InChI is InChI=1S/C8H19N3O2/c1-7(8(9)10)11(3-5-12)4-6-13-2/h7,12H,3-6H2,1-2H3,(H3,9,10). The third-order valence-corrected chi connectivity index (χ3v) is 1.97. The van der Waals surface area contributed by atoms with E-state index >= 15 is 0 Å². The number of hydrogen-bond donors (Lipinski definition) is 3. The highest BCUT2D eigenvalue weighted by atomic mass is 16.5. The van der Waals surface area contributed by atoms with Crippen molar-refractivity contribution in [2.45, 2.75) is 13.0 Å². The maximum atomic E-state index is 8.77. The molecule has 0 fully saturated rings. The first-order chi connectivity index (χ1) is 6.13. The summed E-state index contributed by atoms with van der Waals surface area (Å²) in [5, 5.41) is 16.0. The number of amidine groups is 1. The molecule has 0 saturated heterocycles. The number of nitrogens with two attached hydrogens (primary N) is 1. The second-order valence-corrected chi connectivity index (χ2v) is 2.88. The molecule has 0 aromatic carbocycles. The molecule has 13 heavy (non-hydrogen) atoms. The lowest BCUT2D eigenvalue weighted by Gasteiger charge is -2.26. The van der Waals surface area contributed by atoms with Crippen LogP contribution in [0, 0.1) is 5.41 Å². The molecule has 0 aliphatic heterocycles. The third kappa shape index (κ3) is 4.82. The van der Waals surface area contributed by atoms with Crippen LogP contribution >= 0.6 is 0 Å². The lowest BCUT2D eigenvalue weighted by atomic mass is 10.2. The van der Waals surface area contributed by atoms with Crippen LogP contribution in [0.3, 0.4) is 0 Å². The van der Waals surface area contributed by atoms with Crippen molar-refractivity contribution in [2.75, 3.05) is 33.4 Å². The summed E-state index contributed by atoms with van der Waals surface area (Å²) < 4.78 is 4.91. The first-order valence-corrected chi connectivity index (χ1v) is 4.31. The molecule has 0 amide bonds. The van der Waals surface area contributed by atoms with E-state index in [2.05, 4.69) is 0 Å². The van der Waals surface area contributed by atoms with E-state index in [9.17, 15) is 0 Å². The van der Waals surface area contributed by atoms with Gasteiger partial charge in [0, 0.05) is 20.2 Å². The predicted molar refractivity (Wildman–Crippen MR) is 51.9 cm³/mol. The topological polar surface area (TPSA) is 82.6 Å². The fraction of sp³-hybridized carbons (Fsp3) is 0.875. The summed E-state index contributed by atoms with van der Waals surface area (Å²) in [5.74, 6) is 0.115. The van der Waals surface area contributed by atoms with E-state index in [1.165, 1.54) is 0 Å². The van der Waals surface area contributed by atoms with Gasteiger partial charge in [-0.15, -0.1) is 0 Å². The monoisotopic (exact) mass is 189 g/mol. The van der Waals surface area contributed by atoms with Crippen LogP contribution in [0.25, 0.3) is 0 Å². The van der Waals surface area contributed by atoms with E-state index in [-0.39, 0.29) is 18.5 Å². The molecule has 0 rings (SSSR count). The summed E-state index contributed by atoms with van der Waals surface area (Å²) in [5.41, 5.74) is 5.36. The van der Waals surface area contributed by atoms with Crippen LogP contribution in [-0.2, 0) is 4.74 Å². The highest BCUT2D eigenvalue weighted by Gasteiger charge is 2.14. The number of nitrogens with zero attached hydrogens (tertiary/aromatic N) is 1. The van der Waals surface area contributed by atoms with Gasteiger partial charge in [-0.2, -0.15) is 0 Å². The molecule has 0 radical (unpaired) electrons. The summed E-state index contributed by atoms with van der Waals surface area (Å²) in [6, 6.07) is -0.137. The van der Waals surface area contributed by atoms with E-state index in [1.807, 2.05) is 11.8 Å². The lowest BCUT2D eigenvalue weighted by Crippen LogP contribution is -2.45. The molecular weight excluding hydrogens is 170 g/mol. The van der Waals surface area contributed by atoms with Crippen molar-refractivity contribution >= 4 is 5.84 Å². The van der Waals surface area contributed by atoms with Crippen LogP contribution in [-0.4, -0.2) is 55.3 Å². The molecule has 1 unspecified atom stereocenters. The maximum Gasteiger partial charge on any atom is 0.108 e. The SMILES string of the molecule is COCCN(CCO)C(C)C(=N)N. The minimum Gasteiger partial charge on any atom is -0.395 e. The molecule has 0 aromatic heterocycles. The summed E-state index contributed by atoms with van der Waals surface area (Å²) in [7, 11) is 1.62. The largest absolute Gasteiger partial charge is 0.395 e. The Balaban J connectivity index is 3.98. The molecule has 1 atom stereocenters. The van der Waals surface area contributed by atoms with Crippen molar-refractivity contribution in [2.24, 2.45) is 5.73 Å². The Morgan fingerprint density at radius 2 is 2.23 bits per heavy atom. The molecule has 0 heterocycles. The minimum absolute atomic E-state index is 0.0708. The van der Waals surface area contributed by atoms with E-state index in [0.29, 0.717) is 19.7 Å². The molecular formula is C8H19N3O2. The van der Waals surface area contributed by atoms with Crippen molar-refractivity contribution in [1.29, 1.82) is 5.41 Å². The van der Waals surface area contributed by atoms with Crippen LogP contribution in [0.1, 0.15) is 6.92 Å². The Morgan fingerprint density at radius 3 is 2.62 bits per heavy atom. The molecule has 0 aliphatic rings. The molecule has 0 spiro atoms. The molecule has 0 saturated carbocycles. The summed E-state index contributed by atoms with van der Waals surface area (Å²) >= 11 is 0. The predicted octanol–water partition coefficient (Wildman–Crippen LogP) is -0.748. The van der Waals surface area contributed by atoms with Crippen LogP contribution in [0.4, 0.5) is 0 Å². The van der Waals surface area contributed by atoms with Gasteiger partial charge in [0.25, 0.3) is 0 Å². The molecule has 4 N–H and O–H groups in total. The van der Waals surface area contributed by atoms with Crippen molar-refractivity contribution in [3.63, 3.8) is 0 Å². The number of hydrogen-bond acceptors (Lipinski definition) is 4. The second kappa shape index (κ2) is 6.82. The van der Waals surface area contributed by atoms with Gasteiger partial charge in [-0.3, -0.25) is 10.3 Å². The van der Waals surface area contributed by atoms with Crippen LogP contribution < -0.4 is 5.73 Å². The van der Waals surface area contributed by atoms with Crippen LogP contribution in [0.5, 0.6) is 0 Å². The van der Waals surface area contributed by atoms with Crippen LogP contribution in [0.15, 0.2) is 0 Å². The van der Waals surface area contributed by atoms with Crippen LogP contribution in [0.2, 0.25) is 0 Å². The molecule has 78 valence electrons. The van der Waals surface area contributed by atoms with Crippen molar-refractivity contribution in [3.05, 3.63) is 0 Å². The molecule has 5 heteroatoms. The fourth-order valence-electron chi connectivity index (χ4n) is 1.03. The number of rotatable bonds is 7. The second-order valence-electron chi connectivity index (χ2n) is 2.88. The smallest absolute Gasteiger partial charge is 0.108 e. The molecule has 0 aromatic rings. The van der Waals surface area contributed by atoms with Gasteiger partial charge in [0.05, 0.1) is 19.3 Å². The number of aliphatic hydroxyl groups excluding tert-OH is 1. The third-order valence-electron chi connectivity index (χ3n) is 1.97. The molecule has 0 bridgehead atoms. The Morgan fingerprint density at radius 1 is 1.62 bits per heavy atom. The highest BCUT2D eigenvalue weighted by molar-refractivity contribution is 5.82. The normalized spacial score (nSPS) is 13.2. The van der Waals surface area contributed by atoms with Gasteiger partial charge < -0.3 is 15.6 Å². The average molecular weight is 189 g/mol. The Hall–Kier alpha value is -0.650. The van der Waals surface area contributed by atoms with Crippen molar-refractivity contribution < 1.29 is 9.84 Å². The Labute approximate surface area is 79.0 Å². The van der Waals surface area contributed by atoms with Crippen molar-refractivity contribution in [1.82, 2.24) is 4.90 Å². The van der Waals surface area contributed by atoms with E-state index in [0.717, 1.165) is 0 Å². The van der Waals surface area contributed by atoms with Gasteiger partial charge in [0.1, 0.15) is 5.84 Å². The zero-order chi connectivity index (χ0) is 10.3. The highest BCUT2D eigenvalue weighted by Crippen LogP contribution is 1.97. The number of nitrogens with one attached hydrogen (secondary N) is 1. The van der Waals surface area contributed by atoms with Gasteiger partial charge in [0.2, 0.25) is 0 Å². The number of aliphatic hydroxyl groups is 1. The maximum absolute atomic E-state index is 8.77. The Kier molecular flexibility index (Phi) is 6.48. The average Bonchev–Trinajstić information content (AvgIpc) is 2.11. The fourth-order valence-corrected chi connectivity index (χ4v) is 1.03. The quantitative estimate of drug-likeness (QED) is 0.363. The minimum atomic E-state index is -0.137. The molecule has 0 aliphatic carbocycles. The number of methoxy groups -OCH3 is 1. The van der Waals surface area contributed by atoms with Gasteiger partial charge in [-0.05, 0) is 6.92 Å². The lowest BCUT2D eigenvalue weighted by molar-refractivity contribution is 0.123. The summed E-state index contributed by atoms with van der Waals surface area (Å²) in [6.07, 6.45) is 0. The van der Waals surface area contributed by atoms with E-state index < -0.39 is 0 Å². The van der Waals surface area contributed by atoms with Gasteiger partial charge in [0.15, 0.2) is 0 Å². The van der Waals surface area contributed by atoms with Crippen molar-refractivity contribution in [3.8, 4) is 0 Å². The zero-order valence-electron chi connectivity index (χ0n) is 8.29. The first-order valence-electron chi connectivity index (χ1n) is 4.31. The summed E-state index contributed by atoms with van der Waals surface area (Å²) in [4.78, 5) is 1.91. The van der Waals surface area contributed by atoms with Gasteiger partial charge in [-0.1, -0.05) is 0 Å². The Bertz CT molecular complexity index is 152. The van der Waals surface area contributed by atoms with Gasteiger partial charge in [-0.25, -0.2) is 0 Å². The first kappa shape index (κ1) is 12.3. The number of ether oxygens (including phenoxy) is 1. The zero-order valence-corrected chi connectivity index (χ0v) is 8.29. The van der Waals surface area contributed by atoms with E-state index in [4.69, 9.17) is 21.0 Å². The van der Waals surface area contributed by atoms with Gasteiger partial charge >= 0.3 is 0 Å². The molecule has 5 nitrogen and oxygen atoms in total. The van der Waals surface area contributed by atoms with E-state index in [1.54, 1.807) is 7.11 Å². The summed E-state index contributed by atoms with van der Waals surface area (Å²) in [6.45, 7) is 3.69.